The highest BCUT2D eigenvalue weighted by Crippen LogP contribution is 2.05. The second-order valence-corrected chi connectivity index (χ2v) is 2.82. The van der Waals surface area contributed by atoms with Crippen LogP contribution in [0.2, 0.25) is 0 Å². The Bertz CT molecular complexity index is 123. The summed E-state index contributed by atoms with van der Waals surface area (Å²) in [6.07, 6.45) is 2.51. The van der Waals surface area contributed by atoms with Crippen molar-refractivity contribution in [2.24, 2.45) is 0 Å². The van der Waals surface area contributed by atoms with Gasteiger partial charge in [0.15, 0.2) is 5.78 Å². The molecule has 1 atom stereocenters. The van der Waals surface area contributed by atoms with Crippen LogP contribution >= 0.6 is 0 Å². The number of Topliss-reactive ketones (excluding diaryl/α,β-unsaturated/α-hetero) is 1. The Labute approximate surface area is 74.0 Å². The molecule has 0 saturated heterocycles. The fourth-order valence-corrected chi connectivity index (χ4v) is 1.10. The maximum absolute atomic E-state index is 11.1. The van der Waals surface area contributed by atoms with E-state index >= 15 is 0 Å². The minimum absolute atomic E-state index is 0.0673. The van der Waals surface area contributed by atoms with E-state index in [0.717, 1.165) is 12.8 Å². The standard InChI is InChI=1S/C9H18O3/c1-4-5-9(12-3)6-8(10)7-11-2/h9H,4-7H2,1-3H3. The number of ketones is 1. The Hall–Kier alpha value is -0.410. The molecule has 0 amide bonds. The van der Waals surface area contributed by atoms with Gasteiger partial charge in [-0.2, -0.15) is 0 Å². The van der Waals surface area contributed by atoms with E-state index in [-0.39, 0.29) is 18.5 Å². The van der Waals surface area contributed by atoms with E-state index in [4.69, 9.17) is 9.47 Å². The largest absolute Gasteiger partial charge is 0.381 e. The predicted octanol–water partition coefficient (Wildman–Crippen LogP) is 1.41. The van der Waals surface area contributed by atoms with Crippen molar-refractivity contribution in [2.75, 3.05) is 20.8 Å². The second-order valence-electron chi connectivity index (χ2n) is 2.82. The van der Waals surface area contributed by atoms with Gasteiger partial charge in [0.1, 0.15) is 6.61 Å². The van der Waals surface area contributed by atoms with Crippen molar-refractivity contribution in [1.29, 1.82) is 0 Å². The first-order valence-corrected chi connectivity index (χ1v) is 4.28. The zero-order valence-electron chi connectivity index (χ0n) is 8.13. The van der Waals surface area contributed by atoms with Crippen LogP contribution in [-0.4, -0.2) is 32.7 Å². The third kappa shape index (κ3) is 5.27. The maximum Gasteiger partial charge on any atom is 0.161 e. The highest BCUT2D eigenvalue weighted by atomic mass is 16.5. The van der Waals surface area contributed by atoms with Gasteiger partial charge in [0.25, 0.3) is 0 Å². The molecule has 0 aliphatic heterocycles. The van der Waals surface area contributed by atoms with E-state index in [1.54, 1.807) is 7.11 Å². The molecule has 3 heteroatoms. The van der Waals surface area contributed by atoms with E-state index in [1.165, 1.54) is 7.11 Å². The van der Waals surface area contributed by atoms with Crippen LogP contribution in [-0.2, 0) is 14.3 Å². The van der Waals surface area contributed by atoms with E-state index in [2.05, 4.69) is 6.92 Å². The van der Waals surface area contributed by atoms with Crippen LogP contribution in [0.3, 0.4) is 0 Å². The molecule has 0 aliphatic carbocycles. The van der Waals surface area contributed by atoms with Crippen LogP contribution in [0.1, 0.15) is 26.2 Å². The quantitative estimate of drug-likeness (QED) is 0.585. The van der Waals surface area contributed by atoms with E-state index < -0.39 is 0 Å². The number of carbonyl (C=O) groups excluding carboxylic acids is 1. The minimum atomic E-state index is 0.0673. The van der Waals surface area contributed by atoms with Gasteiger partial charge in [0.2, 0.25) is 0 Å². The molecule has 1 unspecified atom stereocenters. The molecule has 0 radical (unpaired) electrons. The van der Waals surface area contributed by atoms with Crippen LogP contribution in [0.4, 0.5) is 0 Å². The lowest BCUT2D eigenvalue weighted by Gasteiger charge is -2.12. The molecule has 3 nitrogen and oxygen atoms in total. The molecule has 0 aromatic heterocycles. The molecule has 0 fully saturated rings. The van der Waals surface area contributed by atoms with Gasteiger partial charge in [0, 0.05) is 20.6 Å². The number of methoxy groups -OCH3 is 2. The normalized spacial score (nSPS) is 12.9. The molecule has 0 aliphatic rings. The fourth-order valence-electron chi connectivity index (χ4n) is 1.10. The van der Waals surface area contributed by atoms with Crippen LogP contribution in [0.15, 0.2) is 0 Å². The van der Waals surface area contributed by atoms with Crippen molar-refractivity contribution in [3.8, 4) is 0 Å². The molecule has 72 valence electrons. The highest BCUT2D eigenvalue weighted by molar-refractivity contribution is 5.80. The topological polar surface area (TPSA) is 35.5 Å². The second kappa shape index (κ2) is 7.25. The zero-order chi connectivity index (χ0) is 9.40. The number of ether oxygens (including phenoxy) is 2. The summed E-state index contributed by atoms with van der Waals surface area (Å²) in [6.45, 7) is 2.27. The fraction of sp³-hybridized carbons (Fsp3) is 0.889. The summed E-state index contributed by atoms with van der Waals surface area (Å²) in [5.41, 5.74) is 0. The minimum Gasteiger partial charge on any atom is -0.381 e. The van der Waals surface area contributed by atoms with Crippen molar-refractivity contribution >= 4 is 5.78 Å². The average molecular weight is 174 g/mol. The molecular weight excluding hydrogens is 156 g/mol. The first kappa shape index (κ1) is 11.6. The smallest absolute Gasteiger partial charge is 0.161 e. The van der Waals surface area contributed by atoms with Crippen LogP contribution < -0.4 is 0 Å². The first-order chi connectivity index (χ1) is 5.74. The SMILES string of the molecule is CCCC(CC(=O)COC)OC. The molecule has 0 aromatic rings. The van der Waals surface area contributed by atoms with Crippen molar-refractivity contribution in [3.63, 3.8) is 0 Å². The maximum atomic E-state index is 11.1. The molecule has 0 spiro atoms. The van der Waals surface area contributed by atoms with Crippen LogP contribution in [0.25, 0.3) is 0 Å². The Morgan fingerprint density at radius 2 is 2.08 bits per heavy atom. The number of hydrogen-bond acceptors (Lipinski definition) is 3. The lowest BCUT2D eigenvalue weighted by atomic mass is 10.1. The average Bonchev–Trinajstić information content (AvgIpc) is 2.04. The predicted molar refractivity (Wildman–Crippen MR) is 47.2 cm³/mol. The molecule has 0 N–H and O–H groups in total. The van der Waals surface area contributed by atoms with Gasteiger partial charge in [0.05, 0.1) is 6.10 Å². The van der Waals surface area contributed by atoms with Gasteiger partial charge in [-0.15, -0.1) is 0 Å². The van der Waals surface area contributed by atoms with Gasteiger partial charge in [-0.1, -0.05) is 13.3 Å². The number of rotatable bonds is 7. The van der Waals surface area contributed by atoms with Crippen molar-refractivity contribution in [2.45, 2.75) is 32.3 Å². The Kier molecular flexibility index (Phi) is 7.00. The monoisotopic (exact) mass is 174 g/mol. The van der Waals surface area contributed by atoms with Gasteiger partial charge in [-0.3, -0.25) is 4.79 Å². The molecule has 0 rings (SSSR count). The Morgan fingerprint density at radius 1 is 1.42 bits per heavy atom. The molecule has 12 heavy (non-hydrogen) atoms. The third-order valence-electron chi connectivity index (χ3n) is 1.70. The number of carbonyl (C=O) groups is 1. The molecule has 0 aromatic carbocycles. The summed E-state index contributed by atoms with van der Waals surface area (Å²) in [7, 11) is 3.17. The Balaban J connectivity index is 3.61. The Morgan fingerprint density at radius 3 is 2.50 bits per heavy atom. The van der Waals surface area contributed by atoms with Gasteiger partial charge >= 0.3 is 0 Å². The van der Waals surface area contributed by atoms with Gasteiger partial charge < -0.3 is 9.47 Å². The molecule has 0 heterocycles. The van der Waals surface area contributed by atoms with Crippen molar-refractivity contribution in [1.82, 2.24) is 0 Å². The summed E-state index contributed by atoms with van der Waals surface area (Å²) in [5.74, 6) is 0.109. The zero-order valence-corrected chi connectivity index (χ0v) is 8.13. The third-order valence-corrected chi connectivity index (χ3v) is 1.70. The van der Waals surface area contributed by atoms with Gasteiger partial charge in [-0.05, 0) is 6.42 Å². The molecule has 0 saturated carbocycles. The summed E-state index contributed by atoms with van der Waals surface area (Å²) >= 11 is 0. The van der Waals surface area contributed by atoms with E-state index in [1.807, 2.05) is 0 Å². The first-order valence-electron chi connectivity index (χ1n) is 4.28. The summed E-state index contributed by atoms with van der Waals surface area (Å²) in [4.78, 5) is 11.1. The summed E-state index contributed by atoms with van der Waals surface area (Å²) in [6, 6.07) is 0. The van der Waals surface area contributed by atoms with Crippen molar-refractivity contribution < 1.29 is 14.3 Å². The summed E-state index contributed by atoms with van der Waals surface area (Å²) in [5, 5.41) is 0. The summed E-state index contributed by atoms with van der Waals surface area (Å²) < 4.78 is 9.85. The number of hydrogen-bond donors (Lipinski definition) is 0. The lowest BCUT2D eigenvalue weighted by Crippen LogP contribution is -2.18. The van der Waals surface area contributed by atoms with Crippen LogP contribution in [0, 0.1) is 0 Å². The van der Waals surface area contributed by atoms with Crippen molar-refractivity contribution in [3.05, 3.63) is 0 Å². The lowest BCUT2D eigenvalue weighted by molar-refractivity contribution is -0.125. The molecular formula is C9H18O3. The van der Waals surface area contributed by atoms with Gasteiger partial charge in [-0.25, -0.2) is 0 Å². The van der Waals surface area contributed by atoms with E-state index in [9.17, 15) is 4.79 Å². The van der Waals surface area contributed by atoms with E-state index in [0.29, 0.717) is 6.42 Å². The highest BCUT2D eigenvalue weighted by Gasteiger charge is 2.11. The molecule has 0 bridgehead atoms. The van der Waals surface area contributed by atoms with Crippen LogP contribution in [0.5, 0.6) is 0 Å².